The van der Waals surface area contributed by atoms with Crippen molar-refractivity contribution in [1.82, 2.24) is 10.3 Å². The molecule has 0 spiro atoms. The SMILES string of the molecule is O=C(O)C1NC=CCC1c1ccncc1. The molecule has 0 bridgehead atoms. The van der Waals surface area contributed by atoms with Gasteiger partial charge in [-0.1, -0.05) is 6.08 Å². The Kier molecular flexibility index (Phi) is 2.67. The molecule has 0 fully saturated rings. The number of pyridine rings is 1. The van der Waals surface area contributed by atoms with E-state index in [1.54, 1.807) is 18.6 Å². The Bertz CT molecular complexity index is 375. The zero-order valence-corrected chi connectivity index (χ0v) is 8.13. The second-order valence-corrected chi connectivity index (χ2v) is 3.51. The fourth-order valence-corrected chi connectivity index (χ4v) is 1.82. The number of nitrogens with zero attached hydrogens (tertiary/aromatic N) is 1. The van der Waals surface area contributed by atoms with Crippen LogP contribution in [0.25, 0.3) is 0 Å². The van der Waals surface area contributed by atoms with Gasteiger partial charge in [-0.3, -0.25) is 4.98 Å². The van der Waals surface area contributed by atoms with Crippen molar-refractivity contribution in [2.75, 3.05) is 0 Å². The molecule has 1 aliphatic heterocycles. The molecule has 0 saturated heterocycles. The van der Waals surface area contributed by atoms with Crippen LogP contribution in [0.3, 0.4) is 0 Å². The van der Waals surface area contributed by atoms with Crippen molar-refractivity contribution >= 4 is 5.97 Å². The summed E-state index contributed by atoms with van der Waals surface area (Å²) in [5.41, 5.74) is 1.01. The van der Waals surface area contributed by atoms with Crippen LogP contribution in [0.4, 0.5) is 0 Å². The lowest BCUT2D eigenvalue weighted by Crippen LogP contribution is -2.40. The van der Waals surface area contributed by atoms with Gasteiger partial charge in [0, 0.05) is 18.3 Å². The second-order valence-electron chi connectivity index (χ2n) is 3.51. The topological polar surface area (TPSA) is 62.2 Å². The van der Waals surface area contributed by atoms with Gasteiger partial charge in [-0.05, 0) is 30.3 Å². The molecule has 0 amide bonds. The van der Waals surface area contributed by atoms with E-state index >= 15 is 0 Å². The van der Waals surface area contributed by atoms with Crippen LogP contribution in [0, 0.1) is 0 Å². The lowest BCUT2D eigenvalue weighted by Gasteiger charge is -2.26. The molecular formula is C11H12N2O2. The lowest BCUT2D eigenvalue weighted by molar-refractivity contribution is -0.139. The highest BCUT2D eigenvalue weighted by atomic mass is 16.4. The van der Waals surface area contributed by atoms with E-state index in [9.17, 15) is 4.79 Å². The number of carbonyl (C=O) groups is 1. The van der Waals surface area contributed by atoms with Gasteiger partial charge in [0.05, 0.1) is 0 Å². The first-order valence-corrected chi connectivity index (χ1v) is 4.83. The molecule has 2 heterocycles. The van der Waals surface area contributed by atoms with Crippen LogP contribution in [-0.4, -0.2) is 22.1 Å². The highest BCUT2D eigenvalue weighted by molar-refractivity contribution is 5.75. The fraction of sp³-hybridized carbons (Fsp3) is 0.273. The number of aliphatic carboxylic acids is 1. The number of nitrogens with one attached hydrogen (secondary N) is 1. The molecule has 4 nitrogen and oxygen atoms in total. The van der Waals surface area contributed by atoms with E-state index in [2.05, 4.69) is 10.3 Å². The predicted octanol–water partition coefficient (Wildman–Crippen LogP) is 1.13. The number of allylic oxidation sites excluding steroid dienone is 1. The van der Waals surface area contributed by atoms with Gasteiger partial charge in [0.25, 0.3) is 0 Å². The van der Waals surface area contributed by atoms with E-state index in [0.717, 1.165) is 12.0 Å². The molecule has 2 unspecified atom stereocenters. The van der Waals surface area contributed by atoms with Crippen LogP contribution < -0.4 is 5.32 Å². The standard InChI is InChI=1S/C11H12N2O2/c14-11(15)10-9(2-1-5-13-10)8-3-6-12-7-4-8/h1,3-7,9-10,13H,2H2,(H,14,15). The molecule has 0 aromatic carbocycles. The highest BCUT2D eigenvalue weighted by Crippen LogP contribution is 2.26. The summed E-state index contributed by atoms with van der Waals surface area (Å²) in [6, 6.07) is 3.18. The fourth-order valence-electron chi connectivity index (χ4n) is 1.82. The zero-order valence-electron chi connectivity index (χ0n) is 8.13. The second kappa shape index (κ2) is 4.13. The minimum Gasteiger partial charge on any atom is -0.480 e. The third-order valence-corrected chi connectivity index (χ3v) is 2.59. The minimum atomic E-state index is -0.818. The molecule has 1 aromatic heterocycles. The monoisotopic (exact) mass is 204 g/mol. The van der Waals surface area contributed by atoms with Crippen molar-refractivity contribution in [2.24, 2.45) is 0 Å². The van der Waals surface area contributed by atoms with E-state index in [1.807, 2.05) is 18.2 Å². The van der Waals surface area contributed by atoms with Gasteiger partial charge < -0.3 is 10.4 Å². The lowest BCUT2D eigenvalue weighted by atomic mass is 9.87. The van der Waals surface area contributed by atoms with Crippen LogP contribution >= 0.6 is 0 Å². The number of carboxylic acid groups (broad SMARTS) is 1. The average Bonchev–Trinajstić information content (AvgIpc) is 2.30. The zero-order chi connectivity index (χ0) is 10.7. The van der Waals surface area contributed by atoms with Crippen LogP contribution in [0.5, 0.6) is 0 Å². The Morgan fingerprint density at radius 2 is 2.20 bits per heavy atom. The number of rotatable bonds is 2. The molecule has 1 aliphatic rings. The summed E-state index contributed by atoms with van der Waals surface area (Å²) in [6.07, 6.45) is 7.77. The van der Waals surface area contributed by atoms with Gasteiger partial charge in [0.15, 0.2) is 0 Å². The molecule has 15 heavy (non-hydrogen) atoms. The van der Waals surface area contributed by atoms with Crippen molar-refractivity contribution in [3.63, 3.8) is 0 Å². The van der Waals surface area contributed by atoms with Crippen LogP contribution in [-0.2, 0) is 4.79 Å². The summed E-state index contributed by atoms with van der Waals surface area (Å²) >= 11 is 0. The number of hydrogen-bond acceptors (Lipinski definition) is 3. The van der Waals surface area contributed by atoms with Gasteiger partial charge in [-0.15, -0.1) is 0 Å². The first-order chi connectivity index (χ1) is 7.29. The maximum Gasteiger partial charge on any atom is 0.326 e. The summed E-state index contributed by atoms with van der Waals surface area (Å²) in [5, 5.41) is 11.9. The normalized spacial score (nSPS) is 24.5. The maximum absolute atomic E-state index is 11.0. The molecule has 2 N–H and O–H groups in total. The molecule has 0 aliphatic carbocycles. The van der Waals surface area contributed by atoms with Crippen molar-refractivity contribution in [2.45, 2.75) is 18.4 Å². The highest BCUT2D eigenvalue weighted by Gasteiger charge is 2.29. The Labute approximate surface area is 87.7 Å². The molecule has 2 rings (SSSR count). The Balaban J connectivity index is 2.27. The summed E-state index contributed by atoms with van der Waals surface area (Å²) < 4.78 is 0. The molecule has 1 aromatic rings. The summed E-state index contributed by atoms with van der Waals surface area (Å²) in [7, 11) is 0. The Hall–Kier alpha value is -1.84. The predicted molar refractivity (Wildman–Crippen MR) is 55.3 cm³/mol. The van der Waals surface area contributed by atoms with E-state index in [0.29, 0.717) is 0 Å². The largest absolute Gasteiger partial charge is 0.480 e. The van der Waals surface area contributed by atoms with Crippen LogP contribution in [0.1, 0.15) is 17.9 Å². The van der Waals surface area contributed by atoms with Crippen molar-refractivity contribution in [1.29, 1.82) is 0 Å². The van der Waals surface area contributed by atoms with Crippen LogP contribution in [0.2, 0.25) is 0 Å². The van der Waals surface area contributed by atoms with Gasteiger partial charge in [0.2, 0.25) is 0 Å². The Morgan fingerprint density at radius 3 is 2.87 bits per heavy atom. The number of aromatic nitrogens is 1. The average molecular weight is 204 g/mol. The molecular weight excluding hydrogens is 192 g/mol. The number of carboxylic acids is 1. The van der Waals surface area contributed by atoms with E-state index in [-0.39, 0.29) is 5.92 Å². The van der Waals surface area contributed by atoms with Crippen molar-refractivity contribution in [3.05, 3.63) is 42.4 Å². The number of hydrogen-bond donors (Lipinski definition) is 2. The molecule has 0 radical (unpaired) electrons. The Morgan fingerprint density at radius 1 is 1.47 bits per heavy atom. The summed E-state index contributed by atoms with van der Waals surface area (Å²) in [4.78, 5) is 15.0. The van der Waals surface area contributed by atoms with Crippen molar-refractivity contribution in [3.8, 4) is 0 Å². The quantitative estimate of drug-likeness (QED) is 0.758. The van der Waals surface area contributed by atoms with Gasteiger partial charge in [-0.25, -0.2) is 4.79 Å². The van der Waals surface area contributed by atoms with Gasteiger partial charge >= 0.3 is 5.97 Å². The first-order valence-electron chi connectivity index (χ1n) is 4.83. The molecule has 78 valence electrons. The third kappa shape index (κ3) is 1.98. The van der Waals surface area contributed by atoms with E-state index in [4.69, 9.17) is 5.11 Å². The minimum absolute atomic E-state index is 0.0181. The molecule has 0 saturated carbocycles. The van der Waals surface area contributed by atoms with Crippen LogP contribution in [0.15, 0.2) is 36.8 Å². The first kappa shape index (κ1) is 9.71. The molecule has 2 atom stereocenters. The van der Waals surface area contributed by atoms with E-state index < -0.39 is 12.0 Å². The molecule has 4 heteroatoms. The smallest absolute Gasteiger partial charge is 0.326 e. The van der Waals surface area contributed by atoms with Gasteiger partial charge in [-0.2, -0.15) is 0 Å². The third-order valence-electron chi connectivity index (χ3n) is 2.59. The maximum atomic E-state index is 11.0. The summed E-state index contributed by atoms with van der Waals surface area (Å²) in [5.74, 6) is -0.836. The van der Waals surface area contributed by atoms with Crippen molar-refractivity contribution < 1.29 is 9.90 Å². The van der Waals surface area contributed by atoms with E-state index in [1.165, 1.54) is 0 Å². The van der Waals surface area contributed by atoms with Gasteiger partial charge in [0.1, 0.15) is 6.04 Å². The summed E-state index contributed by atoms with van der Waals surface area (Å²) in [6.45, 7) is 0.